The number of hydrogen-bond donors (Lipinski definition) is 5. The van der Waals surface area contributed by atoms with E-state index in [9.17, 15) is 5.11 Å². The summed E-state index contributed by atoms with van der Waals surface area (Å²) in [7, 11) is 5.64. The Labute approximate surface area is 295 Å². The van der Waals surface area contributed by atoms with Crippen LogP contribution in [0, 0.1) is 0 Å². The van der Waals surface area contributed by atoms with Crippen LogP contribution in [-0.4, -0.2) is 91.1 Å². The number of rotatable bonds is 32. The molecule has 9 nitrogen and oxygen atoms in total. The van der Waals surface area contributed by atoms with Crippen molar-refractivity contribution in [1.29, 1.82) is 0 Å². The van der Waals surface area contributed by atoms with Crippen molar-refractivity contribution in [1.82, 2.24) is 10.6 Å². The van der Waals surface area contributed by atoms with E-state index >= 15 is 0 Å². The molecule has 0 aromatic carbocycles. The summed E-state index contributed by atoms with van der Waals surface area (Å²) in [6, 6.07) is 0.872. The molecule has 0 aliphatic heterocycles. The fourth-order valence-electron chi connectivity index (χ4n) is 5.52. The Hall–Kier alpha value is -0.753. The first kappa shape index (κ1) is 50.6. The van der Waals surface area contributed by atoms with Gasteiger partial charge < -0.3 is 29.5 Å². The molecule has 47 heavy (non-hydrogen) atoms. The minimum Gasteiger partial charge on any atom is -0.396 e. The van der Waals surface area contributed by atoms with Crippen molar-refractivity contribution in [2.24, 2.45) is 16.5 Å². The second kappa shape index (κ2) is 36.5. The highest BCUT2D eigenvalue weighted by molar-refractivity contribution is 6.67. The number of aliphatic imine (C=N–C) groups is 1. The summed E-state index contributed by atoms with van der Waals surface area (Å²) in [4.78, 5) is 4.15. The number of nitrogens with two attached hydrogens (primary N) is 2. The number of aliphatic hydroxyl groups is 1. The van der Waals surface area contributed by atoms with Gasteiger partial charge in [-0.3, -0.25) is 16.0 Å². The highest BCUT2D eigenvalue weighted by atomic mass is 28.4. The Morgan fingerprint density at radius 2 is 1.13 bits per heavy atom. The van der Waals surface area contributed by atoms with Gasteiger partial charge >= 0.3 is 8.56 Å². The molecule has 0 bridgehead atoms. The monoisotopic (exact) mass is 692 g/mol. The lowest BCUT2D eigenvalue weighted by molar-refractivity contribution is -0.890. The SMILES string of the molecule is C.CCCCCCCCCCCCCCCCCC[N+](C)(C)CCC[Si](CO)(OC)OC.CCCCN=C(N)NC(N)NCCCC. The number of nitrogens with zero attached hydrogens (tertiary/aromatic N) is 2. The van der Waals surface area contributed by atoms with Gasteiger partial charge in [-0.25, -0.2) is 0 Å². The first-order chi connectivity index (χ1) is 22.2. The zero-order chi connectivity index (χ0) is 34.8. The molecule has 0 fully saturated rings. The van der Waals surface area contributed by atoms with Crippen LogP contribution in [0.2, 0.25) is 6.04 Å². The number of hydrogen-bond acceptors (Lipinski definition) is 6. The molecule has 0 spiro atoms. The lowest BCUT2D eigenvalue weighted by atomic mass is 10.0. The van der Waals surface area contributed by atoms with Gasteiger partial charge in [0.05, 0.1) is 33.4 Å². The number of nitrogens with one attached hydrogen (secondary N) is 2. The zero-order valence-corrected chi connectivity index (χ0v) is 33.0. The van der Waals surface area contributed by atoms with E-state index in [-0.39, 0.29) is 19.9 Å². The van der Waals surface area contributed by atoms with Gasteiger partial charge in [-0.15, -0.1) is 0 Å². The number of guanidine groups is 1. The highest BCUT2D eigenvalue weighted by Gasteiger charge is 2.35. The van der Waals surface area contributed by atoms with Gasteiger partial charge in [-0.05, 0) is 44.7 Å². The van der Waals surface area contributed by atoms with Crippen LogP contribution in [0.3, 0.4) is 0 Å². The number of unbranched alkanes of at least 4 members (excludes halogenated alkanes) is 17. The third-order valence-corrected chi connectivity index (χ3v) is 12.0. The third kappa shape index (κ3) is 34.9. The minimum atomic E-state index is -2.35. The largest absolute Gasteiger partial charge is 0.396 e. The van der Waals surface area contributed by atoms with Crippen LogP contribution in [0.5, 0.6) is 0 Å². The van der Waals surface area contributed by atoms with Crippen LogP contribution >= 0.6 is 0 Å². The number of quaternary nitrogens is 1. The van der Waals surface area contributed by atoms with E-state index < -0.39 is 8.56 Å². The van der Waals surface area contributed by atoms with Crippen molar-refractivity contribution in [3.05, 3.63) is 0 Å². The Kier molecular flexibility index (Phi) is 39.3. The Morgan fingerprint density at radius 3 is 1.55 bits per heavy atom. The molecule has 0 saturated heterocycles. The van der Waals surface area contributed by atoms with Gasteiger partial charge in [0.2, 0.25) is 0 Å². The average molecular weight is 692 g/mol. The lowest BCUT2D eigenvalue weighted by Crippen LogP contribution is -2.54. The van der Waals surface area contributed by atoms with E-state index in [4.69, 9.17) is 20.3 Å². The van der Waals surface area contributed by atoms with Gasteiger partial charge in [-0.1, -0.05) is 131 Å². The van der Waals surface area contributed by atoms with E-state index in [0.29, 0.717) is 5.96 Å². The van der Waals surface area contributed by atoms with Crippen molar-refractivity contribution < 1.29 is 18.4 Å². The second-order valence-electron chi connectivity index (χ2n) is 13.8. The predicted octanol–water partition coefficient (Wildman–Crippen LogP) is 7.94. The van der Waals surface area contributed by atoms with Crippen LogP contribution < -0.4 is 22.1 Å². The van der Waals surface area contributed by atoms with Crippen LogP contribution in [0.25, 0.3) is 0 Å². The van der Waals surface area contributed by atoms with Gasteiger partial charge in [-0.2, -0.15) is 0 Å². The van der Waals surface area contributed by atoms with E-state index in [0.717, 1.165) is 62.3 Å². The maximum absolute atomic E-state index is 9.57. The Balaban J connectivity index is -0.00000102. The van der Waals surface area contributed by atoms with Crippen molar-refractivity contribution in [2.75, 3.05) is 60.7 Å². The maximum atomic E-state index is 9.57. The van der Waals surface area contributed by atoms with E-state index in [1.54, 1.807) is 14.2 Å². The summed E-state index contributed by atoms with van der Waals surface area (Å²) in [5.41, 5.74) is 11.4. The van der Waals surface area contributed by atoms with Gasteiger partial charge in [0, 0.05) is 20.8 Å². The van der Waals surface area contributed by atoms with Gasteiger partial charge in [0.25, 0.3) is 0 Å². The standard InChI is InChI=1S/C26H58NO3Si.C10H25N5.CH4/c1-6-7-8-9-10-11-12-13-14-15-16-17-18-19-20-21-23-27(2,3)24-22-25-31(26-28,29-4)30-5;1-3-5-7-13-9(11)15-10(12)14-8-6-4-2;/h28H,6-26H2,1-5H3;9,13H,3-8,11H2,1-2H3,(H3,12,14,15);1H4/q+1;;. The van der Waals surface area contributed by atoms with Crippen molar-refractivity contribution in [3.8, 4) is 0 Å². The molecule has 0 rings (SSSR count). The lowest BCUT2D eigenvalue weighted by Gasteiger charge is -2.32. The summed E-state index contributed by atoms with van der Waals surface area (Å²) < 4.78 is 12.1. The molecule has 0 aliphatic rings. The molecular formula is C37H87N6O3Si+. The summed E-state index contributed by atoms with van der Waals surface area (Å²) in [5, 5.41) is 15.6. The Morgan fingerprint density at radius 1 is 0.702 bits per heavy atom. The first-order valence-electron chi connectivity index (χ1n) is 19.2. The molecule has 0 heterocycles. The van der Waals surface area contributed by atoms with Crippen LogP contribution in [-0.2, 0) is 8.85 Å². The van der Waals surface area contributed by atoms with E-state index in [2.05, 4.69) is 50.5 Å². The summed E-state index contributed by atoms with van der Waals surface area (Å²) >= 11 is 0. The average Bonchev–Trinajstić information content (AvgIpc) is 3.03. The van der Waals surface area contributed by atoms with Crippen molar-refractivity contribution >= 4 is 14.5 Å². The third-order valence-electron chi connectivity index (χ3n) is 8.91. The molecule has 0 saturated carbocycles. The van der Waals surface area contributed by atoms with E-state index in [1.165, 1.54) is 109 Å². The molecule has 0 radical (unpaired) electrons. The quantitative estimate of drug-likeness (QED) is 0.0121. The first-order valence-corrected chi connectivity index (χ1v) is 21.5. The fraction of sp³-hybridized carbons (Fsp3) is 0.973. The van der Waals surface area contributed by atoms with Crippen molar-refractivity contribution in [2.45, 2.75) is 175 Å². The Bertz CT molecular complexity index is 645. The smallest absolute Gasteiger partial charge is 0.364 e. The fourth-order valence-corrected chi connectivity index (χ4v) is 7.21. The predicted molar refractivity (Wildman–Crippen MR) is 210 cm³/mol. The van der Waals surface area contributed by atoms with Gasteiger partial charge in [0.15, 0.2) is 5.96 Å². The van der Waals surface area contributed by atoms with Crippen LogP contribution in [0.1, 0.15) is 163 Å². The number of aliphatic hydroxyl groups excluding tert-OH is 1. The van der Waals surface area contributed by atoms with E-state index in [1.807, 2.05) is 0 Å². The molecule has 0 amide bonds. The molecule has 1 unspecified atom stereocenters. The summed E-state index contributed by atoms with van der Waals surface area (Å²) in [6.45, 7) is 10.6. The highest BCUT2D eigenvalue weighted by Crippen LogP contribution is 2.17. The minimum absolute atomic E-state index is 0. The molecular weight excluding hydrogens is 605 g/mol. The molecule has 1 atom stereocenters. The zero-order valence-electron chi connectivity index (χ0n) is 32.0. The molecule has 10 heteroatoms. The van der Waals surface area contributed by atoms with Gasteiger partial charge in [0.1, 0.15) is 6.29 Å². The molecule has 286 valence electrons. The normalized spacial score (nSPS) is 12.7. The molecule has 0 aromatic heterocycles. The molecule has 7 N–H and O–H groups in total. The summed E-state index contributed by atoms with van der Waals surface area (Å²) in [6.07, 6.45) is 28.0. The van der Waals surface area contributed by atoms with Crippen LogP contribution in [0.15, 0.2) is 4.99 Å². The second-order valence-corrected chi connectivity index (χ2v) is 17.3. The topological polar surface area (TPSA) is 127 Å². The molecule has 0 aromatic rings. The van der Waals surface area contributed by atoms with Crippen molar-refractivity contribution in [3.63, 3.8) is 0 Å². The summed E-state index contributed by atoms with van der Waals surface area (Å²) in [5.74, 6) is 0.417. The maximum Gasteiger partial charge on any atom is 0.364 e. The molecule has 0 aliphatic carbocycles. The van der Waals surface area contributed by atoms with Crippen LogP contribution in [0.4, 0.5) is 0 Å².